The Morgan fingerprint density at radius 1 is 1.00 bits per heavy atom. The molecule has 0 saturated heterocycles. The number of nitrogens with zero attached hydrogens (tertiary/aromatic N) is 2. The summed E-state index contributed by atoms with van der Waals surface area (Å²) in [6, 6.07) is 21.9. The molecule has 0 unspecified atom stereocenters. The molecule has 1 N–H and O–H groups in total. The van der Waals surface area contributed by atoms with Gasteiger partial charge in [-0.15, -0.1) is 0 Å². The van der Waals surface area contributed by atoms with Gasteiger partial charge in [0.1, 0.15) is 11.4 Å². The molecule has 35 heavy (non-hydrogen) atoms. The zero-order valence-electron chi connectivity index (χ0n) is 19.2. The zero-order chi connectivity index (χ0) is 24.9. The molecule has 1 aromatic heterocycles. The Bertz CT molecular complexity index is 1360. The summed E-state index contributed by atoms with van der Waals surface area (Å²) in [4.78, 5) is 25.4. The van der Waals surface area contributed by atoms with E-state index < -0.39 is 12.1 Å². The number of hydrogen-bond donors (Lipinski definition) is 1. The minimum atomic E-state index is -0.879. The number of aromatic nitrogens is 1. The van der Waals surface area contributed by atoms with Crippen LogP contribution >= 0.6 is 11.6 Å². The van der Waals surface area contributed by atoms with Gasteiger partial charge < -0.3 is 14.4 Å². The predicted octanol–water partition coefficient (Wildman–Crippen LogP) is 6.89. The molecule has 0 aliphatic carbocycles. The van der Waals surface area contributed by atoms with Gasteiger partial charge in [0.2, 0.25) is 0 Å². The summed E-state index contributed by atoms with van der Waals surface area (Å²) < 4.78 is 11.0. The number of carbonyl (C=O) groups is 2. The molecular weight excluding hydrogens is 468 g/mol. The predicted molar refractivity (Wildman–Crippen MR) is 134 cm³/mol. The van der Waals surface area contributed by atoms with Crippen LogP contribution in [0.1, 0.15) is 18.2 Å². The third-order valence-corrected chi connectivity index (χ3v) is 5.68. The molecule has 3 aromatic carbocycles. The standard InChI is InChI=1S/C27H23ClN2O5/c1-3-34-27(33)30(23-10-5-4-9-22(23)28)25-17(2)29-35-26(25)20-13-11-19(12-14-20)21-8-6-7-18(15-21)16-24(31)32/h4-15H,3,16H2,1-2H3,(H,31,32). The number of halogens is 1. The van der Waals surface area contributed by atoms with Crippen molar-refractivity contribution in [1.82, 2.24) is 5.16 Å². The summed E-state index contributed by atoms with van der Waals surface area (Å²) in [5.74, 6) is -0.489. The van der Waals surface area contributed by atoms with Crippen molar-refractivity contribution in [3.05, 3.63) is 89.1 Å². The van der Waals surface area contributed by atoms with Crippen LogP contribution in [0.5, 0.6) is 0 Å². The highest BCUT2D eigenvalue weighted by atomic mass is 35.5. The number of carboxylic acids is 1. The lowest BCUT2D eigenvalue weighted by molar-refractivity contribution is -0.136. The van der Waals surface area contributed by atoms with Gasteiger partial charge in [0.25, 0.3) is 0 Å². The fraction of sp³-hybridized carbons (Fsp3) is 0.148. The van der Waals surface area contributed by atoms with E-state index in [9.17, 15) is 9.59 Å². The monoisotopic (exact) mass is 490 g/mol. The Morgan fingerprint density at radius 3 is 2.40 bits per heavy atom. The maximum Gasteiger partial charge on any atom is 0.419 e. The van der Waals surface area contributed by atoms with Crippen LogP contribution in [0.25, 0.3) is 22.5 Å². The van der Waals surface area contributed by atoms with E-state index in [1.807, 2.05) is 42.5 Å². The average Bonchev–Trinajstić information content (AvgIpc) is 3.21. The number of aliphatic carboxylic acids is 1. The molecule has 0 saturated carbocycles. The molecule has 1 heterocycles. The molecule has 1 amide bonds. The number of ether oxygens (including phenoxy) is 1. The lowest BCUT2D eigenvalue weighted by Gasteiger charge is -2.23. The highest BCUT2D eigenvalue weighted by Gasteiger charge is 2.29. The van der Waals surface area contributed by atoms with Gasteiger partial charge in [-0.25, -0.2) is 9.69 Å². The summed E-state index contributed by atoms with van der Waals surface area (Å²) in [5.41, 5.74) is 4.61. The Hall–Kier alpha value is -4.10. The summed E-state index contributed by atoms with van der Waals surface area (Å²) in [6.45, 7) is 3.66. The zero-order valence-corrected chi connectivity index (χ0v) is 20.0. The lowest BCUT2D eigenvalue weighted by atomic mass is 10.00. The van der Waals surface area contributed by atoms with Gasteiger partial charge in [-0.1, -0.05) is 77.4 Å². The Kier molecular flexibility index (Phi) is 7.17. The fourth-order valence-electron chi connectivity index (χ4n) is 3.80. The minimum Gasteiger partial charge on any atom is -0.481 e. The maximum atomic E-state index is 13.0. The Labute approximate surface area is 207 Å². The van der Waals surface area contributed by atoms with Crippen LogP contribution in [0.3, 0.4) is 0 Å². The fourth-order valence-corrected chi connectivity index (χ4v) is 4.02. The molecule has 4 rings (SSSR count). The first-order chi connectivity index (χ1) is 16.9. The molecule has 0 bridgehead atoms. The molecule has 178 valence electrons. The molecule has 7 nitrogen and oxygen atoms in total. The molecule has 8 heteroatoms. The summed E-state index contributed by atoms with van der Waals surface area (Å²) in [5, 5.41) is 13.6. The number of hydrogen-bond acceptors (Lipinski definition) is 5. The van der Waals surface area contributed by atoms with Crippen molar-refractivity contribution in [3.8, 4) is 22.5 Å². The Balaban J connectivity index is 1.74. The number of carboxylic acid groups (broad SMARTS) is 1. The van der Waals surface area contributed by atoms with Crippen molar-refractivity contribution < 1.29 is 24.0 Å². The van der Waals surface area contributed by atoms with E-state index in [4.69, 9.17) is 26.0 Å². The number of benzene rings is 3. The van der Waals surface area contributed by atoms with Crippen molar-refractivity contribution >= 4 is 35.0 Å². The molecule has 0 radical (unpaired) electrons. The van der Waals surface area contributed by atoms with E-state index in [1.165, 1.54) is 4.90 Å². The van der Waals surface area contributed by atoms with Gasteiger partial charge in [-0.05, 0) is 42.7 Å². The van der Waals surface area contributed by atoms with Crippen molar-refractivity contribution in [2.75, 3.05) is 11.5 Å². The van der Waals surface area contributed by atoms with Crippen LogP contribution in [0.4, 0.5) is 16.2 Å². The van der Waals surface area contributed by atoms with Crippen LogP contribution in [-0.4, -0.2) is 28.9 Å². The lowest BCUT2D eigenvalue weighted by Crippen LogP contribution is -2.27. The summed E-state index contributed by atoms with van der Waals surface area (Å²) in [6.07, 6.45) is -0.640. The van der Waals surface area contributed by atoms with Crippen molar-refractivity contribution in [3.63, 3.8) is 0 Å². The molecule has 0 aliphatic heterocycles. The van der Waals surface area contributed by atoms with Gasteiger partial charge in [0, 0.05) is 5.56 Å². The largest absolute Gasteiger partial charge is 0.481 e. The number of amides is 1. The third-order valence-electron chi connectivity index (χ3n) is 5.36. The normalized spacial score (nSPS) is 10.7. The maximum absolute atomic E-state index is 13.0. The highest BCUT2D eigenvalue weighted by Crippen LogP contribution is 2.41. The van der Waals surface area contributed by atoms with Gasteiger partial charge in [0.15, 0.2) is 5.76 Å². The van der Waals surface area contributed by atoms with E-state index in [-0.39, 0.29) is 13.0 Å². The molecule has 0 spiro atoms. The second kappa shape index (κ2) is 10.4. The van der Waals surface area contributed by atoms with E-state index in [1.54, 1.807) is 44.2 Å². The first-order valence-electron chi connectivity index (χ1n) is 11.0. The quantitative estimate of drug-likeness (QED) is 0.303. The first-order valence-corrected chi connectivity index (χ1v) is 11.4. The second-order valence-corrected chi connectivity index (χ2v) is 8.19. The van der Waals surface area contributed by atoms with E-state index >= 15 is 0 Å². The average molecular weight is 491 g/mol. The van der Waals surface area contributed by atoms with Gasteiger partial charge >= 0.3 is 12.1 Å². The topological polar surface area (TPSA) is 92.9 Å². The SMILES string of the molecule is CCOC(=O)N(c1ccccc1Cl)c1c(C)noc1-c1ccc(-c2cccc(CC(=O)O)c2)cc1. The van der Waals surface area contributed by atoms with Crippen molar-refractivity contribution in [2.45, 2.75) is 20.3 Å². The van der Waals surface area contributed by atoms with E-state index in [0.717, 1.165) is 16.7 Å². The molecule has 0 fully saturated rings. The van der Waals surface area contributed by atoms with Gasteiger partial charge in [-0.2, -0.15) is 0 Å². The number of anilines is 2. The second-order valence-electron chi connectivity index (χ2n) is 7.78. The molecule has 0 aliphatic rings. The van der Waals surface area contributed by atoms with Gasteiger partial charge in [-0.3, -0.25) is 4.79 Å². The van der Waals surface area contributed by atoms with Crippen molar-refractivity contribution in [2.24, 2.45) is 0 Å². The number of para-hydroxylation sites is 1. The number of carbonyl (C=O) groups excluding carboxylic acids is 1. The highest BCUT2D eigenvalue weighted by molar-refractivity contribution is 6.34. The molecule has 4 aromatic rings. The molecular formula is C27H23ClN2O5. The number of rotatable bonds is 7. The third kappa shape index (κ3) is 5.20. The van der Waals surface area contributed by atoms with Crippen LogP contribution in [0.2, 0.25) is 5.02 Å². The van der Waals surface area contributed by atoms with E-state index in [0.29, 0.717) is 33.4 Å². The van der Waals surface area contributed by atoms with Crippen LogP contribution in [0.15, 0.2) is 77.3 Å². The molecule has 0 atom stereocenters. The summed E-state index contributed by atoms with van der Waals surface area (Å²) in [7, 11) is 0. The first kappa shape index (κ1) is 24.0. The van der Waals surface area contributed by atoms with Crippen LogP contribution in [0, 0.1) is 6.92 Å². The van der Waals surface area contributed by atoms with E-state index in [2.05, 4.69) is 5.16 Å². The van der Waals surface area contributed by atoms with Crippen LogP contribution in [-0.2, 0) is 16.0 Å². The summed E-state index contributed by atoms with van der Waals surface area (Å²) >= 11 is 6.43. The van der Waals surface area contributed by atoms with Crippen molar-refractivity contribution in [1.29, 1.82) is 0 Å². The number of aryl methyl sites for hydroxylation is 1. The minimum absolute atomic E-state index is 0.0433. The smallest absolute Gasteiger partial charge is 0.419 e. The Morgan fingerprint density at radius 2 is 1.71 bits per heavy atom. The van der Waals surface area contributed by atoms with Gasteiger partial charge in [0.05, 0.1) is 23.7 Å². The van der Waals surface area contributed by atoms with Crippen LogP contribution < -0.4 is 4.90 Å².